The molecule has 24 heavy (non-hydrogen) atoms. The average molecular weight is 339 g/mol. The van der Waals surface area contributed by atoms with Gasteiger partial charge in [-0.2, -0.15) is 13.2 Å². The summed E-state index contributed by atoms with van der Waals surface area (Å²) in [5, 5.41) is 0. The molecule has 1 N–H and O–H groups in total. The number of alkyl halides is 3. The number of rotatable bonds is 3. The maximum Gasteiger partial charge on any atom is 0.416 e. The van der Waals surface area contributed by atoms with E-state index in [-0.39, 0.29) is 12.2 Å². The number of carbonyl (C=O) groups excluding carboxylic acids is 1. The number of hydrogen-bond donors (Lipinski definition) is 1. The van der Waals surface area contributed by atoms with Gasteiger partial charge < -0.3 is 9.88 Å². The van der Waals surface area contributed by atoms with Crippen LogP contribution in [0.15, 0.2) is 29.1 Å². The average Bonchev–Trinajstić information content (AvgIpc) is 2.50. The standard InChI is InChI=1S/C16H16F3N3O2/c1-9-10(2)21-14(23)13(20-9)15(24)22(3)8-11-4-6-12(7-5-11)16(17,18)19/h4-7H,8H2,1-3H3,(H,21,23). The third-order valence-corrected chi connectivity index (χ3v) is 3.59. The van der Waals surface area contributed by atoms with Crippen molar-refractivity contribution in [2.75, 3.05) is 7.05 Å². The Labute approximate surface area is 136 Å². The summed E-state index contributed by atoms with van der Waals surface area (Å²) in [6.45, 7) is 3.40. The first kappa shape index (κ1) is 17.7. The fourth-order valence-corrected chi connectivity index (χ4v) is 2.09. The first-order valence-corrected chi connectivity index (χ1v) is 7.08. The fraction of sp³-hybridized carbons (Fsp3) is 0.312. The SMILES string of the molecule is Cc1nc(C(=O)N(C)Cc2ccc(C(F)(F)F)cc2)c(=O)[nH]c1C. The Morgan fingerprint density at radius 3 is 2.33 bits per heavy atom. The van der Waals surface area contributed by atoms with E-state index in [9.17, 15) is 22.8 Å². The molecule has 1 amide bonds. The third-order valence-electron chi connectivity index (χ3n) is 3.59. The lowest BCUT2D eigenvalue weighted by molar-refractivity contribution is -0.137. The first-order chi connectivity index (χ1) is 11.1. The van der Waals surface area contributed by atoms with E-state index in [4.69, 9.17) is 0 Å². The van der Waals surface area contributed by atoms with E-state index in [1.165, 1.54) is 24.1 Å². The molecule has 0 fully saturated rings. The molecular formula is C16H16F3N3O2. The first-order valence-electron chi connectivity index (χ1n) is 7.08. The highest BCUT2D eigenvalue weighted by Gasteiger charge is 2.30. The van der Waals surface area contributed by atoms with Crippen molar-refractivity contribution in [3.63, 3.8) is 0 Å². The summed E-state index contributed by atoms with van der Waals surface area (Å²) in [5.74, 6) is -0.598. The lowest BCUT2D eigenvalue weighted by Crippen LogP contribution is -2.33. The number of amides is 1. The van der Waals surface area contributed by atoms with Crippen LogP contribution in [0.25, 0.3) is 0 Å². The zero-order valence-corrected chi connectivity index (χ0v) is 13.4. The van der Waals surface area contributed by atoms with Crippen LogP contribution in [-0.2, 0) is 12.7 Å². The highest BCUT2D eigenvalue weighted by Crippen LogP contribution is 2.29. The van der Waals surface area contributed by atoms with Gasteiger partial charge in [-0.05, 0) is 31.5 Å². The normalized spacial score (nSPS) is 11.4. The zero-order valence-electron chi connectivity index (χ0n) is 13.4. The number of hydrogen-bond acceptors (Lipinski definition) is 3. The van der Waals surface area contributed by atoms with Crippen LogP contribution in [-0.4, -0.2) is 27.8 Å². The molecule has 2 aromatic rings. The lowest BCUT2D eigenvalue weighted by atomic mass is 10.1. The molecule has 0 saturated heterocycles. The summed E-state index contributed by atoms with van der Waals surface area (Å²) >= 11 is 0. The number of benzene rings is 1. The molecule has 0 atom stereocenters. The molecule has 0 radical (unpaired) electrons. The van der Waals surface area contributed by atoms with Crippen LogP contribution in [0.1, 0.15) is 33.0 Å². The number of H-pyrrole nitrogens is 1. The quantitative estimate of drug-likeness (QED) is 0.935. The van der Waals surface area contributed by atoms with Crippen LogP contribution in [0.3, 0.4) is 0 Å². The van der Waals surface area contributed by atoms with E-state index in [0.29, 0.717) is 17.0 Å². The number of aromatic nitrogens is 2. The Morgan fingerprint density at radius 2 is 1.79 bits per heavy atom. The minimum Gasteiger partial charge on any atom is -0.336 e. The van der Waals surface area contributed by atoms with Crippen LogP contribution in [0.4, 0.5) is 13.2 Å². The van der Waals surface area contributed by atoms with Gasteiger partial charge in [0.2, 0.25) is 0 Å². The van der Waals surface area contributed by atoms with Crippen LogP contribution in [0.5, 0.6) is 0 Å². The van der Waals surface area contributed by atoms with E-state index in [0.717, 1.165) is 12.1 Å². The Balaban J connectivity index is 2.18. The Morgan fingerprint density at radius 1 is 1.21 bits per heavy atom. The monoisotopic (exact) mass is 339 g/mol. The summed E-state index contributed by atoms with van der Waals surface area (Å²) in [6.07, 6.45) is -4.41. The summed E-state index contributed by atoms with van der Waals surface area (Å²) in [6, 6.07) is 4.50. The van der Waals surface area contributed by atoms with E-state index in [1.54, 1.807) is 13.8 Å². The van der Waals surface area contributed by atoms with Gasteiger partial charge in [0.25, 0.3) is 11.5 Å². The second-order valence-electron chi connectivity index (χ2n) is 5.48. The fourth-order valence-electron chi connectivity index (χ4n) is 2.09. The zero-order chi connectivity index (χ0) is 18.1. The minimum atomic E-state index is -4.41. The second-order valence-corrected chi connectivity index (χ2v) is 5.48. The van der Waals surface area contributed by atoms with Gasteiger partial charge in [-0.25, -0.2) is 4.98 Å². The van der Waals surface area contributed by atoms with Crippen molar-refractivity contribution in [3.8, 4) is 0 Å². The van der Waals surface area contributed by atoms with Crippen molar-refractivity contribution in [2.45, 2.75) is 26.6 Å². The third kappa shape index (κ3) is 3.81. The predicted octanol–water partition coefficient (Wildman–Crippen LogP) is 2.68. The number of aromatic amines is 1. The smallest absolute Gasteiger partial charge is 0.336 e. The lowest BCUT2D eigenvalue weighted by Gasteiger charge is -2.17. The van der Waals surface area contributed by atoms with Crippen LogP contribution in [0, 0.1) is 13.8 Å². The Hall–Kier alpha value is -2.64. The van der Waals surface area contributed by atoms with Gasteiger partial charge in [-0.1, -0.05) is 12.1 Å². The molecule has 1 aromatic carbocycles. The van der Waals surface area contributed by atoms with E-state index in [1.807, 2.05) is 0 Å². The predicted molar refractivity (Wildman–Crippen MR) is 81.6 cm³/mol. The Bertz CT molecular complexity index is 811. The van der Waals surface area contributed by atoms with Crippen molar-refractivity contribution in [1.29, 1.82) is 0 Å². The van der Waals surface area contributed by atoms with Crippen LogP contribution in [0.2, 0.25) is 0 Å². The van der Waals surface area contributed by atoms with Gasteiger partial charge >= 0.3 is 6.18 Å². The minimum absolute atomic E-state index is 0.0605. The molecule has 2 rings (SSSR count). The molecule has 0 bridgehead atoms. The molecule has 0 spiro atoms. The Kier molecular flexibility index (Phi) is 4.77. The van der Waals surface area contributed by atoms with E-state index >= 15 is 0 Å². The molecule has 8 heteroatoms. The van der Waals surface area contributed by atoms with Gasteiger partial charge in [0.05, 0.1) is 11.3 Å². The molecular weight excluding hydrogens is 323 g/mol. The molecule has 0 saturated carbocycles. The van der Waals surface area contributed by atoms with Gasteiger partial charge in [0.15, 0.2) is 5.69 Å². The van der Waals surface area contributed by atoms with Gasteiger partial charge in [0.1, 0.15) is 0 Å². The number of nitrogens with zero attached hydrogens (tertiary/aromatic N) is 2. The maximum absolute atomic E-state index is 12.5. The van der Waals surface area contributed by atoms with Gasteiger partial charge in [0, 0.05) is 19.3 Å². The summed E-state index contributed by atoms with van der Waals surface area (Å²) in [5.41, 5.74) is 0.0179. The largest absolute Gasteiger partial charge is 0.416 e. The molecule has 0 aliphatic rings. The van der Waals surface area contributed by atoms with Crippen LogP contribution >= 0.6 is 0 Å². The topological polar surface area (TPSA) is 66.1 Å². The molecule has 5 nitrogen and oxygen atoms in total. The summed E-state index contributed by atoms with van der Waals surface area (Å²) in [7, 11) is 1.45. The van der Waals surface area contributed by atoms with E-state index in [2.05, 4.69) is 9.97 Å². The molecule has 1 aromatic heterocycles. The molecule has 0 aliphatic heterocycles. The number of halogens is 3. The second kappa shape index (κ2) is 6.46. The molecule has 1 heterocycles. The van der Waals surface area contributed by atoms with Gasteiger partial charge in [-0.3, -0.25) is 9.59 Å². The van der Waals surface area contributed by atoms with Crippen molar-refractivity contribution in [3.05, 3.63) is 62.8 Å². The number of carbonyl (C=O) groups is 1. The van der Waals surface area contributed by atoms with Crippen molar-refractivity contribution in [1.82, 2.24) is 14.9 Å². The maximum atomic E-state index is 12.5. The van der Waals surface area contributed by atoms with Crippen molar-refractivity contribution in [2.24, 2.45) is 0 Å². The van der Waals surface area contributed by atoms with E-state index < -0.39 is 23.2 Å². The molecule has 128 valence electrons. The van der Waals surface area contributed by atoms with Crippen molar-refractivity contribution >= 4 is 5.91 Å². The highest BCUT2D eigenvalue weighted by molar-refractivity contribution is 5.91. The molecule has 0 unspecified atom stereocenters. The summed E-state index contributed by atoms with van der Waals surface area (Å²) < 4.78 is 37.6. The molecule has 0 aliphatic carbocycles. The van der Waals surface area contributed by atoms with Crippen LogP contribution < -0.4 is 5.56 Å². The van der Waals surface area contributed by atoms with Gasteiger partial charge in [-0.15, -0.1) is 0 Å². The number of aryl methyl sites for hydroxylation is 2. The van der Waals surface area contributed by atoms with Crippen molar-refractivity contribution < 1.29 is 18.0 Å². The number of nitrogens with one attached hydrogen (secondary N) is 1. The highest BCUT2D eigenvalue weighted by atomic mass is 19.4. The summed E-state index contributed by atoms with van der Waals surface area (Å²) in [4.78, 5) is 31.9.